The van der Waals surface area contributed by atoms with E-state index in [1.54, 1.807) is 0 Å². The standard InChI is InChI=1S/C24H28N2O/c1-26(19-22-10-6-3-7-11-22)17-14-24(20-26)27-23-12-15-25(16-13-23)18-21-8-4-2-5-9-21/h2-13,15-16,24H,14,17-20H2,1H3/q+2. The normalized spacial score (nSPS) is 21.9. The number of ether oxygens (including phenoxy) is 1. The van der Waals surface area contributed by atoms with E-state index in [4.69, 9.17) is 4.74 Å². The van der Waals surface area contributed by atoms with Gasteiger partial charge in [-0.25, -0.2) is 4.57 Å². The molecule has 138 valence electrons. The molecule has 3 aromatic rings. The lowest BCUT2D eigenvalue weighted by Gasteiger charge is -2.29. The Hall–Kier alpha value is -2.65. The maximum Gasteiger partial charge on any atom is 0.173 e. The average molecular weight is 361 g/mol. The molecule has 1 fully saturated rings. The summed E-state index contributed by atoms with van der Waals surface area (Å²) in [5, 5.41) is 0. The fourth-order valence-electron chi connectivity index (χ4n) is 4.01. The minimum Gasteiger partial charge on any atom is -0.484 e. The zero-order valence-corrected chi connectivity index (χ0v) is 16.0. The predicted octanol–water partition coefficient (Wildman–Crippen LogP) is 3.82. The van der Waals surface area contributed by atoms with Gasteiger partial charge in [-0.05, 0) is 0 Å². The molecule has 0 aliphatic carbocycles. The Kier molecular flexibility index (Phi) is 5.21. The van der Waals surface area contributed by atoms with Crippen molar-refractivity contribution in [1.29, 1.82) is 0 Å². The van der Waals surface area contributed by atoms with E-state index in [2.05, 4.69) is 96.8 Å². The van der Waals surface area contributed by atoms with Crippen molar-refractivity contribution in [3.05, 3.63) is 96.3 Å². The van der Waals surface area contributed by atoms with Crippen molar-refractivity contribution < 1.29 is 13.8 Å². The maximum atomic E-state index is 6.28. The monoisotopic (exact) mass is 360 g/mol. The molecule has 0 radical (unpaired) electrons. The summed E-state index contributed by atoms with van der Waals surface area (Å²) in [5.74, 6) is 0.970. The Morgan fingerprint density at radius 2 is 1.52 bits per heavy atom. The fourth-order valence-corrected chi connectivity index (χ4v) is 4.01. The summed E-state index contributed by atoms with van der Waals surface area (Å²) in [5.41, 5.74) is 2.71. The van der Waals surface area contributed by atoms with Crippen molar-refractivity contribution in [2.45, 2.75) is 25.6 Å². The first-order valence-corrected chi connectivity index (χ1v) is 9.76. The van der Waals surface area contributed by atoms with Crippen LogP contribution < -0.4 is 9.30 Å². The molecule has 2 atom stereocenters. The largest absolute Gasteiger partial charge is 0.484 e. The summed E-state index contributed by atoms with van der Waals surface area (Å²) >= 11 is 0. The zero-order valence-electron chi connectivity index (χ0n) is 16.0. The van der Waals surface area contributed by atoms with Gasteiger partial charge in [-0.1, -0.05) is 60.7 Å². The summed E-state index contributed by atoms with van der Waals surface area (Å²) in [6.07, 6.45) is 5.62. The molecule has 2 aromatic carbocycles. The molecule has 1 aromatic heterocycles. The lowest BCUT2D eigenvalue weighted by molar-refractivity contribution is -0.912. The highest BCUT2D eigenvalue weighted by molar-refractivity contribution is 5.17. The van der Waals surface area contributed by atoms with Crippen LogP contribution in [0.15, 0.2) is 85.2 Å². The van der Waals surface area contributed by atoms with Crippen LogP contribution in [0.5, 0.6) is 5.75 Å². The van der Waals surface area contributed by atoms with Gasteiger partial charge in [0.25, 0.3) is 0 Å². The molecule has 27 heavy (non-hydrogen) atoms. The van der Waals surface area contributed by atoms with Gasteiger partial charge < -0.3 is 9.22 Å². The fraction of sp³-hybridized carbons (Fsp3) is 0.292. The SMILES string of the molecule is C[N+]1(Cc2ccccc2)CCC(Oc2cc[n+](Cc3ccccc3)cc2)C1. The second-order valence-corrected chi connectivity index (χ2v) is 7.89. The molecule has 1 aliphatic rings. The van der Waals surface area contributed by atoms with Crippen molar-refractivity contribution in [2.75, 3.05) is 20.1 Å². The maximum absolute atomic E-state index is 6.28. The van der Waals surface area contributed by atoms with Gasteiger partial charge in [0.15, 0.2) is 25.0 Å². The number of pyridine rings is 1. The molecule has 2 unspecified atom stereocenters. The third-order valence-corrected chi connectivity index (χ3v) is 5.41. The highest BCUT2D eigenvalue weighted by Crippen LogP contribution is 2.24. The van der Waals surface area contributed by atoms with Crippen molar-refractivity contribution in [3.63, 3.8) is 0 Å². The van der Waals surface area contributed by atoms with Crippen molar-refractivity contribution in [1.82, 2.24) is 0 Å². The molecule has 0 N–H and O–H groups in total. The molecule has 0 spiro atoms. The topological polar surface area (TPSA) is 13.1 Å². The lowest BCUT2D eigenvalue weighted by Crippen LogP contribution is -2.42. The highest BCUT2D eigenvalue weighted by atomic mass is 16.5. The Bertz CT molecular complexity index is 849. The lowest BCUT2D eigenvalue weighted by atomic mass is 10.2. The predicted molar refractivity (Wildman–Crippen MR) is 107 cm³/mol. The first-order valence-electron chi connectivity index (χ1n) is 9.76. The van der Waals surface area contributed by atoms with Crippen LogP contribution >= 0.6 is 0 Å². The number of likely N-dealkylation sites (tertiary alicyclic amines) is 1. The van der Waals surface area contributed by atoms with Gasteiger partial charge in [-0.3, -0.25) is 0 Å². The van der Waals surface area contributed by atoms with E-state index in [0.717, 1.165) is 36.3 Å². The van der Waals surface area contributed by atoms with Crippen LogP contribution in [0.4, 0.5) is 0 Å². The van der Waals surface area contributed by atoms with Crippen molar-refractivity contribution in [3.8, 4) is 5.75 Å². The summed E-state index contributed by atoms with van der Waals surface area (Å²) in [4.78, 5) is 0. The van der Waals surface area contributed by atoms with Crippen LogP contribution in [0.1, 0.15) is 17.5 Å². The second kappa shape index (κ2) is 7.93. The van der Waals surface area contributed by atoms with Crippen LogP contribution in [0, 0.1) is 0 Å². The van der Waals surface area contributed by atoms with Gasteiger partial charge in [0, 0.05) is 29.7 Å². The van der Waals surface area contributed by atoms with Gasteiger partial charge in [0.05, 0.1) is 13.6 Å². The van der Waals surface area contributed by atoms with Crippen LogP contribution in [-0.2, 0) is 13.1 Å². The van der Waals surface area contributed by atoms with Gasteiger partial charge in [0.2, 0.25) is 0 Å². The molecule has 0 bridgehead atoms. The molecule has 2 heterocycles. The molecule has 1 aliphatic heterocycles. The number of hydrogen-bond acceptors (Lipinski definition) is 1. The molecular formula is C24H28N2O+2. The second-order valence-electron chi connectivity index (χ2n) is 7.89. The first kappa shape index (κ1) is 17.7. The van der Waals surface area contributed by atoms with Gasteiger partial charge in [0.1, 0.15) is 18.8 Å². The summed E-state index contributed by atoms with van der Waals surface area (Å²) < 4.78 is 9.52. The minimum atomic E-state index is 0.295. The van der Waals surface area contributed by atoms with Gasteiger partial charge >= 0.3 is 0 Å². The van der Waals surface area contributed by atoms with Crippen molar-refractivity contribution >= 4 is 0 Å². The van der Waals surface area contributed by atoms with E-state index >= 15 is 0 Å². The Balaban J connectivity index is 1.33. The van der Waals surface area contributed by atoms with Crippen molar-refractivity contribution in [2.24, 2.45) is 0 Å². The highest BCUT2D eigenvalue weighted by Gasteiger charge is 2.36. The molecule has 0 saturated carbocycles. The smallest absolute Gasteiger partial charge is 0.173 e. The number of rotatable bonds is 6. The summed E-state index contributed by atoms with van der Waals surface area (Å²) in [7, 11) is 2.34. The number of nitrogens with zero attached hydrogens (tertiary/aromatic N) is 2. The van der Waals surface area contributed by atoms with Gasteiger partial charge in [-0.15, -0.1) is 0 Å². The quantitative estimate of drug-likeness (QED) is 0.481. The summed E-state index contributed by atoms with van der Waals surface area (Å²) in [6.45, 7) is 4.19. The van der Waals surface area contributed by atoms with Crippen LogP contribution in [-0.4, -0.2) is 30.7 Å². The van der Waals surface area contributed by atoms with Crippen LogP contribution in [0.3, 0.4) is 0 Å². The summed E-state index contributed by atoms with van der Waals surface area (Å²) in [6, 6.07) is 25.5. The zero-order chi connectivity index (χ0) is 18.5. The van der Waals surface area contributed by atoms with E-state index in [1.165, 1.54) is 17.7 Å². The van der Waals surface area contributed by atoms with E-state index < -0.39 is 0 Å². The van der Waals surface area contributed by atoms with Gasteiger partial charge in [-0.2, -0.15) is 0 Å². The number of likely N-dealkylation sites (N-methyl/N-ethyl adjacent to an activating group) is 1. The van der Waals surface area contributed by atoms with Crippen LogP contribution in [0.25, 0.3) is 0 Å². The Labute approximate surface area is 162 Å². The number of hydrogen-bond donors (Lipinski definition) is 0. The molecule has 0 amide bonds. The van der Waals surface area contributed by atoms with E-state index in [1.807, 2.05) is 0 Å². The third-order valence-electron chi connectivity index (χ3n) is 5.41. The molecule has 1 saturated heterocycles. The Morgan fingerprint density at radius 3 is 2.19 bits per heavy atom. The number of quaternary nitrogens is 1. The number of benzene rings is 2. The van der Waals surface area contributed by atoms with E-state index in [-0.39, 0.29) is 0 Å². The molecule has 3 nitrogen and oxygen atoms in total. The third kappa shape index (κ3) is 4.75. The van der Waals surface area contributed by atoms with E-state index in [9.17, 15) is 0 Å². The molecular weight excluding hydrogens is 332 g/mol. The minimum absolute atomic E-state index is 0.295. The molecule has 4 rings (SSSR count). The Morgan fingerprint density at radius 1 is 0.889 bits per heavy atom. The average Bonchev–Trinajstić information content (AvgIpc) is 3.05. The first-order chi connectivity index (χ1) is 13.2. The molecule has 3 heteroatoms. The van der Waals surface area contributed by atoms with E-state index in [0.29, 0.717) is 6.10 Å². The van der Waals surface area contributed by atoms with Crippen LogP contribution in [0.2, 0.25) is 0 Å². The number of aromatic nitrogens is 1.